The quantitative estimate of drug-likeness (QED) is 0.573. The van der Waals surface area contributed by atoms with Gasteiger partial charge in [-0.25, -0.2) is 4.98 Å². The summed E-state index contributed by atoms with van der Waals surface area (Å²) in [4.78, 5) is 31.3. The maximum absolute atomic E-state index is 13.0. The lowest BCUT2D eigenvalue weighted by Crippen LogP contribution is -2.30. The van der Waals surface area contributed by atoms with Crippen LogP contribution in [0.4, 0.5) is 0 Å². The van der Waals surface area contributed by atoms with Crippen molar-refractivity contribution in [1.82, 2.24) is 9.55 Å². The molecule has 0 spiro atoms. The molecule has 3 aromatic rings. The van der Waals surface area contributed by atoms with Crippen LogP contribution in [0.1, 0.15) is 45.1 Å². The number of hydrogen-bond donors (Lipinski definition) is 0. The lowest BCUT2D eigenvalue weighted by Gasteiger charge is -2.19. The van der Waals surface area contributed by atoms with Crippen molar-refractivity contribution in [2.24, 2.45) is 0 Å². The molecule has 0 amide bonds. The van der Waals surface area contributed by atoms with E-state index in [0.29, 0.717) is 10.2 Å². The van der Waals surface area contributed by atoms with Crippen LogP contribution < -0.4 is 5.56 Å². The molecule has 2 aromatic heterocycles. The lowest BCUT2D eigenvalue weighted by atomic mass is 10.0. The van der Waals surface area contributed by atoms with Gasteiger partial charge < -0.3 is 4.74 Å². The molecule has 5 nitrogen and oxygen atoms in total. The van der Waals surface area contributed by atoms with Gasteiger partial charge in [0.25, 0.3) is 5.56 Å². The molecule has 150 valence electrons. The molecule has 3 rings (SSSR count). The molecule has 0 atom stereocenters. The van der Waals surface area contributed by atoms with Crippen molar-refractivity contribution in [2.45, 2.75) is 60.6 Å². The Balaban J connectivity index is 0.00000136. The number of thiophene rings is 1. The normalized spacial score (nSPS) is 11.1. The molecule has 0 saturated carbocycles. The minimum atomic E-state index is -0.593. The maximum Gasteiger partial charge on any atom is 0.326 e. The summed E-state index contributed by atoms with van der Waals surface area (Å²) in [5.74, 6) is -0.454. The van der Waals surface area contributed by atoms with E-state index in [-0.39, 0.29) is 12.1 Å². The van der Waals surface area contributed by atoms with Crippen LogP contribution >= 0.6 is 11.3 Å². The zero-order valence-corrected chi connectivity index (χ0v) is 18.4. The number of rotatable bonds is 3. The molecule has 6 heteroatoms. The van der Waals surface area contributed by atoms with E-state index in [1.807, 2.05) is 45.9 Å². The highest BCUT2D eigenvalue weighted by Gasteiger charge is 2.20. The molecule has 0 radical (unpaired) electrons. The number of benzene rings is 1. The third-order valence-corrected chi connectivity index (χ3v) is 4.89. The maximum atomic E-state index is 13.0. The SMILES string of the molecule is CC.Cc1cccc(-c2c(C)sc3ncn(CC(=O)OC(C)(C)C)c(=O)c23)c1. The fourth-order valence-electron chi connectivity index (χ4n) is 2.91. The zero-order chi connectivity index (χ0) is 21.1. The van der Waals surface area contributed by atoms with Gasteiger partial charge in [-0.1, -0.05) is 43.7 Å². The molecule has 0 aliphatic rings. The second kappa shape index (κ2) is 8.69. The fraction of sp³-hybridized carbons (Fsp3) is 0.409. The Bertz CT molecular complexity index is 1040. The van der Waals surface area contributed by atoms with Crippen molar-refractivity contribution in [3.8, 4) is 11.1 Å². The van der Waals surface area contributed by atoms with E-state index in [4.69, 9.17) is 4.74 Å². The molecule has 1 aromatic carbocycles. The third kappa shape index (κ3) is 4.87. The molecule has 0 unspecified atom stereocenters. The summed E-state index contributed by atoms with van der Waals surface area (Å²) in [5.41, 5.74) is 2.19. The highest BCUT2D eigenvalue weighted by molar-refractivity contribution is 7.19. The van der Waals surface area contributed by atoms with Crippen molar-refractivity contribution >= 4 is 27.5 Å². The van der Waals surface area contributed by atoms with E-state index in [9.17, 15) is 9.59 Å². The van der Waals surface area contributed by atoms with E-state index in [0.717, 1.165) is 21.6 Å². The molecule has 0 aliphatic carbocycles. The van der Waals surface area contributed by atoms with Crippen molar-refractivity contribution in [1.29, 1.82) is 0 Å². The number of aromatic nitrogens is 2. The van der Waals surface area contributed by atoms with Crippen LogP contribution in [0.2, 0.25) is 0 Å². The summed E-state index contributed by atoms with van der Waals surface area (Å²) in [6.07, 6.45) is 1.42. The molecule has 0 fully saturated rings. The van der Waals surface area contributed by atoms with Crippen LogP contribution in [-0.4, -0.2) is 21.1 Å². The Kier molecular flexibility index (Phi) is 6.77. The van der Waals surface area contributed by atoms with Gasteiger partial charge in [-0.3, -0.25) is 14.2 Å². The second-order valence-electron chi connectivity index (χ2n) is 7.35. The Morgan fingerprint density at radius 1 is 1.21 bits per heavy atom. The Morgan fingerprint density at radius 3 is 2.50 bits per heavy atom. The van der Waals surface area contributed by atoms with E-state index < -0.39 is 11.6 Å². The van der Waals surface area contributed by atoms with E-state index >= 15 is 0 Å². The highest BCUT2D eigenvalue weighted by atomic mass is 32.1. The fourth-order valence-corrected chi connectivity index (χ4v) is 3.91. The number of hydrogen-bond acceptors (Lipinski definition) is 5. The van der Waals surface area contributed by atoms with Gasteiger partial charge in [0.05, 0.1) is 11.7 Å². The summed E-state index contributed by atoms with van der Waals surface area (Å²) < 4.78 is 6.64. The van der Waals surface area contributed by atoms with Gasteiger partial charge in [-0.2, -0.15) is 0 Å². The smallest absolute Gasteiger partial charge is 0.326 e. The van der Waals surface area contributed by atoms with Gasteiger partial charge >= 0.3 is 5.97 Å². The molecular weight excluding hydrogens is 372 g/mol. The molecule has 2 heterocycles. The first-order valence-electron chi connectivity index (χ1n) is 9.43. The topological polar surface area (TPSA) is 61.2 Å². The Labute approximate surface area is 170 Å². The zero-order valence-electron chi connectivity index (χ0n) is 17.6. The first-order chi connectivity index (χ1) is 13.2. The minimum Gasteiger partial charge on any atom is -0.459 e. The van der Waals surface area contributed by atoms with Gasteiger partial charge in [-0.05, 0) is 40.2 Å². The average molecular weight is 401 g/mol. The van der Waals surface area contributed by atoms with Gasteiger partial charge in [-0.15, -0.1) is 11.3 Å². The van der Waals surface area contributed by atoms with Gasteiger partial charge in [0.15, 0.2) is 0 Å². The molecule has 0 bridgehead atoms. The van der Waals surface area contributed by atoms with Crippen LogP contribution in [0.3, 0.4) is 0 Å². The van der Waals surface area contributed by atoms with Crippen LogP contribution in [0.25, 0.3) is 21.3 Å². The van der Waals surface area contributed by atoms with Crippen LogP contribution in [-0.2, 0) is 16.1 Å². The van der Waals surface area contributed by atoms with Gasteiger partial charge in [0.2, 0.25) is 0 Å². The molecular formula is C22H28N2O3S. The van der Waals surface area contributed by atoms with Crippen LogP contribution in [0, 0.1) is 13.8 Å². The van der Waals surface area contributed by atoms with E-state index in [1.54, 1.807) is 20.8 Å². The van der Waals surface area contributed by atoms with Crippen molar-refractivity contribution in [2.75, 3.05) is 0 Å². The van der Waals surface area contributed by atoms with E-state index in [2.05, 4.69) is 11.1 Å². The Morgan fingerprint density at radius 2 is 1.89 bits per heavy atom. The summed E-state index contributed by atoms with van der Waals surface area (Å²) in [7, 11) is 0. The predicted molar refractivity (Wildman–Crippen MR) is 116 cm³/mol. The first-order valence-corrected chi connectivity index (χ1v) is 10.2. The molecule has 0 saturated heterocycles. The summed E-state index contributed by atoms with van der Waals surface area (Å²) in [5, 5.41) is 0.559. The van der Waals surface area contributed by atoms with E-state index in [1.165, 1.54) is 22.2 Å². The highest BCUT2D eigenvalue weighted by Crippen LogP contribution is 2.35. The second-order valence-corrected chi connectivity index (χ2v) is 8.55. The number of aryl methyl sites for hydroxylation is 2. The monoisotopic (exact) mass is 400 g/mol. The van der Waals surface area contributed by atoms with Crippen molar-refractivity contribution < 1.29 is 9.53 Å². The third-order valence-electron chi connectivity index (χ3n) is 3.88. The standard InChI is InChI=1S/C20H22N2O3S.C2H6/c1-12-7-6-8-14(9-12)16-13(2)26-18-17(16)19(24)22(11-21-18)10-15(23)25-20(3,4)5;1-2/h6-9,11H,10H2,1-5H3;1-2H3. The first kappa shape index (κ1) is 21.8. The van der Waals surface area contributed by atoms with Crippen molar-refractivity contribution in [3.05, 3.63) is 51.4 Å². The summed E-state index contributed by atoms with van der Waals surface area (Å²) >= 11 is 1.49. The van der Waals surface area contributed by atoms with Crippen LogP contribution in [0.5, 0.6) is 0 Å². The number of fused-ring (bicyclic) bond motifs is 1. The number of nitrogens with zero attached hydrogens (tertiary/aromatic N) is 2. The number of carbonyl (C=O) groups is 1. The predicted octanol–water partition coefficient (Wildman–Crippen LogP) is 5.11. The van der Waals surface area contributed by atoms with Gasteiger partial charge in [0, 0.05) is 10.4 Å². The van der Waals surface area contributed by atoms with Gasteiger partial charge in [0.1, 0.15) is 17.0 Å². The molecule has 0 aliphatic heterocycles. The lowest BCUT2D eigenvalue weighted by molar-refractivity contribution is -0.155. The summed E-state index contributed by atoms with van der Waals surface area (Å²) in [6.45, 7) is 13.3. The molecule has 0 N–H and O–H groups in total. The average Bonchev–Trinajstić information content (AvgIpc) is 2.94. The largest absolute Gasteiger partial charge is 0.459 e. The Hall–Kier alpha value is -2.47. The van der Waals surface area contributed by atoms with Crippen LogP contribution in [0.15, 0.2) is 35.4 Å². The number of ether oxygens (including phenoxy) is 1. The molecule has 28 heavy (non-hydrogen) atoms. The minimum absolute atomic E-state index is 0.152. The van der Waals surface area contributed by atoms with Crippen molar-refractivity contribution in [3.63, 3.8) is 0 Å². The number of carbonyl (C=O) groups excluding carboxylic acids is 1. The number of esters is 1. The summed E-state index contributed by atoms with van der Waals surface area (Å²) in [6, 6.07) is 8.04.